The summed E-state index contributed by atoms with van der Waals surface area (Å²) in [6.45, 7) is 24.7. The molecule has 0 aliphatic heterocycles. The molecule has 0 saturated carbocycles. The highest BCUT2D eigenvalue weighted by molar-refractivity contribution is 6.99. The van der Waals surface area contributed by atoms with Gasteiger partial charge in [-0.15, -0.1) is 0 Å². The average Bonchev–Trinajstić information content (AvgIpc) is 3.46. The van der Waals surface area contributed by atoms with Gasteiger partial charge < -0.3 is 9.80 Å². The Bertz CT molecular complexity index is 2550. The molecular weight excluding hydrogens is 697 g/mol. The van der Waals surface area contributed by atoms with Crippen LogP contribution in [-0.4, -0.2) is 16.1 Å². The topological polar surface area (TPSA) is 6.48 Å². The van der Waals surface area contributed by atoms with Crippen molar-refractivity contribution in [1.29, 1.82) is 0 Å². The first-order valence-corrected chi connectivity index (χ1v) is 26.8. The van der Waals surface area contributed by atoms with Crippen molar-refractivity contribution in [2.24, 2.45) is 0 Å². The Labute approximate surface area is 331 Å². The first-order chi connectivity index (χ1) is 26.2. The number of fused-ring (bicyclic) bond motifs is 5. The van der Waals surface area contributed by atoms with Gasteiger partial charge in [0.2, 0.25) is 0 Å². The second-order valence-corrected chi connectivity index (χ2v) is 28.8. The van der Waals surface area contributed by atoms with E-state index in [0.29, 0.717) is 0 Å². The minimum absolute atomic E-state index is 0.0746. The van der Waals surface area contributed by atoms with Gasteiger partial charge in [0, 0.05) is 38.5 Å². The molecule has 2 nitrogen and oxygen atoms in total. The molecule has 0 aromatic heterocycles. The first kappa shape index (κ1) is 36.8. The number of benzene rings is 7. The molecule has 7 aromatic carbocycles. The Balaban J connectivity index is 1.48. The largest absolute Gasteiger partial charge is 0.310 e. The van der Waals surface area contributed by atoms with Crippen LogP contribution < -0.4 is 9.80 Å². The van der Waals surface area contributed by atoms with Crippen molar-refractivity contribution >= 4 is 61.0 Å². The van der Waals surface area contributed by atoms with Crippen LogP contribution in [0.15, 0.2) is 146 Å². The molecule has 0 unspecified atom stereocenters. The second kappa shape index (κ2) is 13.5. The van der Waals surface area contributed by atoms with Gasteiger partial charge in [-0.3, -0.25) is 0 Å². The fraction of sp³-hybridized carbons (Fsp3) is 0.216. The molecule has 0 amide bonds. The zero-order chi connectivity index (χ0) is 38.9. The summed E-state index contributed by atoms with van der Waals surface area (Å²) < 4.78 is -0.0746. The highest BCUT2D eigenvalue weighted by atomic mass is 28.4. The number of nitrogens with zero attached hydrogens (tertiary/aromatic N) is 2. The Morgan fingerprint density at radius 3 is 1.42 bits per heavy atom. The van der Waals surface area contributed by atoms with E-state index in [1.54, 1.807) is 0 Å². The summed E-state index contributed by atoms with van der Waals surface area (Å²) in [7, 11) is -4.09. The second-order valence-electron chi connectivity index (χ2n) is 17.8. The third kappa shape index (κ3) is 5.89. The summed E-state index contributed by atoms with van der Waals surface area (Å²) in [5, 5.41) is 2.62. The van der Waals surface area contributed by atoms with Crippen molar-refractivity contribution in [2.75, 3.05) is 9.80 Å². The molecule has 7 aromatic rings. The maximum absolute atomic E-state index is 2.64. The molecule has 8 rings (SSSR count). The zero-order valence-corrected chi connectivity index (χ0v) is 36.3. The molecule has 0 saturated heterocycles. The minimum Gasteiger partial charge on any atom is -0.310 e. The summed E-state index contributed by atoms with van der Waals surface area (Å²) >= 11 is 0. The molecule has 0 spiro atoms. The van der Waals surface area contributed by atoms with E-state index in [2.05, 4.69) is 222 Å². The molecule has 0 N–H and O–H groups in total. The van der Waals surface area contributed by atoms with Gasteiger partial charge in [0.1, 0.15) is 0 Å². The van der Waals surface area contributed by atoms with Gasteiger partial charge in [0.25, 0.3) is 0 Å². The van der Waals surface area contributed by atoms with E-state index in [0.717, 1.165) is 0 Å². The lowest BCUT2D eigenvalue weighted by Gasteiger charge is -2.51. The summed E-state index contributed by atoms with van der Waals surface area (Å²) in [4.78, 5) is 5.01. The van der Waals surface area contributed by atoms with E-state index >= 15 is 0 Å². The lowest BCUT2D eigenvalue weighted by Crippen LogP contribution is -2.63. The summed E-state index contributed by atoms with van der Waals surface area (Å²) in [5.41, 5.74) is 18.2. The molecule has 1 aliphatic rings. The highest BCUT2D eigenvalue weighted by Gasteiger charge is 2.59. The van der Waals surface area contributed by atoms with E-state index in [4.69, 9.17) is 0 Å². The third-order valence-electron chi connectivity index (χ3n) is 12.1. The van der Waals surface area contributed by atoms with Crippen LogP contribution in [0.1, 0.15) is 33.4 Å². The molecule has 4 heteroatoms. The van der Waals surface area contributed by atoms with Gasteiger partial charge in [-0.25, -0.2) is 0 Å². The number of anilines is 6. The van der Waals surface area contributed by atoms with Crippen LogP contribution >= 0.6 is 0 Å². The monoisotopic (exact) mass is 750 g/mol. The van der Waals surface area contributed by atoms with Gasteiger partial charge in [-0.2, -0.15) is 0 Å². The fourth-order valence-corrected chi connectivity index (χ4v) is 23.4. The number of hydrogen-bond acceptors (Lipinski definition) is 2. The number of aryl methyl sites for hydroxylation is 4. The maximum atomic E-state index is 2.64. The lowest BCUT2D eigenvalue weighted by atomic mass is 9.95. The number of hydrogen-bond donors (Lipinski definition) is 0. The Hall–Kier alpha value is -5.17. The van der Waals surface area contributed by atoms with Crippen molar-refractivity contribution in [3.8, 4) is 11.1 Å². The standard InChI is InChI=1S/C51H54N2Si2/c1-35-25-29-47(37(3)31-35)52(39-19-13-11-14-20-39)41-27-28-44-45(33-41)51(54(5,6)7,55(8,9)10)46-34-49(42-23-17-18-24-43(42)50(44)46)53(40-21-15-12-16-22-40)48-30-26-36(2)32-38(48)4/h11-34H,1-10H3. The van der Waals surface area contributed by atoms with Crippen molar-refractivity contribution in [2.45, 2.75) is 71.6 Å². The average molecular weight is 751 g/mol. The van der Waals surface area contributed by atoms with Crippen molar-refractivity contribution in [1.82, 2.24) is 0 Å². The van der Waals surface area contributed by atoms with E-state index in [1.165, 1.54) is 89.4 Å². The summed E-state index contributed by atoms with van der Waals surface area (Å²) in [5.74, 6) is 0. The summed E-state index contributed by atoms with van der Waals surface area (Å²) in [6.07, 6.45) is 0. The van der Waals surface area contributed by atoms with Gasteiger partial charge in [-0.1, -0.05) is 141 Å². The number of para-hydroxylation sites is 2. The van der Waals surface area contributed by atoms with Crippen LogP contribution in [0, 0.1) is 27.7 Å². The van der Waals surface area contributed by atoms with Crippen LogP contribution in [0.2, 0.25) is 39.3 Å². The zero-order valence-electron chi connectivity index (χ0n) is 34.3. The smallest absolute Gasteiger partial charge is 0.0579 e. The van der Waals surface area contributed by atoms with Gasteiger partial charge in [0.05, 0.1) is 21.8 Å². The molecule has 55 heavy (non-hydrogen) atoms. The summed E-state index contributed by atoms with van der Waals surface area (Å²) in [6, 6.07) is 54.9. The predicted octanol–water partition coefficient (Wildman–Crippen LogP) is 15.0. The molecule has 0 radical (unpaired) electrons. The van der Waals surface area contributed by atoms with Crippen LogP contribution in [0.4, 0.5) is 34.1 Å². The maximum Gasteiger partial charge on any atom is 0.0579 e. The van der Waals surface area contributed by atoms with Crippen LogP contribution in [0.3, 0.4) is 0 Å². The molecule has 1 aliphatic carbocycles. The fourth-order valence-electron chi connectivity index (χ4n) is 10.3. The van der Waals surface area contributed by atoms with E-state index in [-0.39, 0.29) is 4.66 Å². The molecule has 0 fully saturated rings. The Kier molecular flexibility index (Phi) is 9.06. The van der Waals surface area contributed by atoms with Gasteiger partial charge >= 0.3 is 0 Å². The van der Waals surface area contributed by atoms with E-state index < -0.39 is 16.1 Å². The minimum atomic E-state index is -2.04. The molecule has 0 atom stereocenters. The van der Waals surface area contributed by atoms with E-state index in [9.17, 15) is 0 Å². The number of rotatable bonds is 8. The molecule has 276 valence electrons. The predicted molar refractivity (Wildman–Crippen MR) is 245 cm³/mol. The van der Waals surface area contributed by atoms with Crippen LogP contribution in [0.25, 0.3) is 21.9 Å². The van der Waals surface area contributed by atoms with Gasteiger partial charge in [0.15, 0.2) is 0 Å². The lowest BCUT2D eigenvalue weighted by molar-refractivity contribution is 0.951. The van der Waals surface area contributed by atoms with Crippen molar-refractivity contribution in [3.63, 3.8) is 0 Å². The molecular formula is C51H54N2Si2. The Morgan fingerprint density at radius 1 is 0.400 bits per heavy atom. The van der Waals surface area contributed by atoms with Crippen LogP contribution in [-0.2, 0) is 4.66 Å². The first-order valence-electron chi connectivity index (χ1n) is 19.8. The van der Waals surface area contributed by atoms with Crippen molar-refractivity contribution in [3.05, 3.63) is 179 Å². The quantitative estimate of drug-likeness (QED) is 0.143. The third-order valence-corrected chi connectivity index (χ3v) is 22.1. The Morgan fingerprint density at radius 2 is 0.891 bits per heavy atom. The highest BCUT2D eigenvalue weighted by Crippen LogP contribution is 2.62. The van der Waals surface area contributed by atoms with E-state index in [1.807, 2.05) is 0 Å². The molecule has 0 bridgehead atoms. The SMILES string of the molecule is Cc1ccc(N(c2ccccc2)c2ccc3c(c2)C([Si](C)(C)C)([Si](C)(C)C)c2cc(N(c4ccccc4)c4ccc(C)cc4C)c4ccccc4c2-3)c(C)c1. The van der Waals surface area contributed by atoms with Crippen molar-refractivity contribution < 1.29 is 0 Å². The molecule has 0 heterocycles. The van der Waals surface area contributed by atoms with Crippen LogP contribution in [0.5, 0.6) is 0 Å². The van der Waals surface area contributed by atoms with Gasteiger partial charge in [-0.05, 0) is 121 Å². The normalized spacial score (nSPS) is 13.4.